The van der Waals surface area contributed by atoms with Crippen molar-refractivity contribution in [2.45, 2.75) is 12.8 Å². The molecule has 0 spiro atoms. The number of carboxylic acid groups (broad SMARTS) is 1. The molecule has 1 amide bonds. The van der Waals surface area contributed by atoms with Gasteiger partial charge in [0.15, 0.2) is 0 Å². The number of hydrogen-bond acceptors (Lipinski definition) is 3. The molecule has 0 aromatic carbocycles. The lowest BCUT2D eigenvalue weighted by atomic mass is 10.1. The second-order valence-corrected chi connectivity index (χ2v) is 4.99. The van der Waals surface area contributed by atoms with Gasteiger partial charge in [-0.15, -0.1) is 0 Å². The summed E-state index contributed by atoms with van der Waals surface area (Å²) in [5, 5.41) is 11.7. The molecule has 1 aliphatic carbocycles. The summed E-state index contributed by atoms with van der Waals surface area (Å²) in [4.78, 5) is 26.5. The van der Waals surface area contributed by atoms with Crippen LogP contribution in [0, 0.1) is 5.41 Å². The van der Waals surface area contributed by atoms with Crippen molar-refractivity contribution in [1.29, 1.82) is 0 Å². The Kier molecular flexibility index (Phi) is 3.45. The van der Waals surface area contributed by atoms with Gasteiger partial charge in [-0.05, 0) is 25.0 Å². The van der Waals surface area contributed by atoms with E-state index in [4.69, 9.17) is 28.3 Å². The number of carboxylic acids is 1. The van der Waals surface area contributed by atoms with Gasteiger partial charge in [-0.2, -0.15) is 0 Å². The van der Waals surface area contributed by atoms with Gasteiger partial charge < -0.3 is 10.4 Å². The molecule has 1 heterocycles. The van der Waals surface area contributed by atoms with Crippen LogP contribution in [-0.2, 0) is 4.79 Å². The van der Waals surface area contributed by atoms with E-state index in [1.165, 1.54) is 12.1 Å². The zero-order valence-corrected chi connectivity index (χ0v) is 10.8. The van der Waals surface area contributed by atoms with E-state index >= 15 is 0 Å². The number of carbonyl (C=O) groups is 2. The fourth-order valence-corrected chi connectivity index (χ4v) is 1.97. The molecule has 2 rings (SSSR count). The number of nitrogens with one attached hydrogen (secondary N) is 1. The van der Waals surface area contributed by atoms with Gasteiger partial charge in [0, 0.05) is 6.54 Å². The highest BCUT2D eigenvalue weighted by Crippen LogP contribution is 2.45. The molecule has 0 saturated heterocycles. The quantitative estimate of drug-likeness (QED) is 0.831. The van der Waals surface area contributed by atoms with E-state index in [-0.39, 0.29) is 22.4 Å². The van der Waals surface area contributed by atoms with Crippen LogP contribution in [0.4, 0.5) is 0 Å². The maximum atomic E-state index is 11.8. The highest BCUT2D eigenvalue weighted by atomic mass is 35.5. The molecule has 1 fully saturated rings. The standard InChI is InChI=1S/C11H10Cl2N2O3/c12-7-2-1-6(8(13)15-7)9(16)14-5-11(3-4-11)10(17)18/h1-2H,3-5H2,(H,14,16)(H,17,18). The number of halogens is 2. The van der Waals surface area contributed by atoms with Gasteiger partial charge in [0.05, 0.1) is 11.0 Å². The molecule has 0 radical (unpaired) electrons. The van der Waals surface area contributed by atoms with Crippen molar-refractivity contribution in [1.82, 2.24) is 10.3 Å². The Morgan fingerprint density at radius 2 is 2.06 bits per heavy atom. The second kappa shape index (κ2) is 4.74. The number of pyridine rings is 1. The number of amides is 1. The van der Waals surface area contributed by atoms with Gasteiger partial charge in [-0.1, -0.05) is 23.2 Å². The highest BCUT2D eigenvalue weighted by Gasteiger charge is 2.50. The molecule has 18 heavy (non-hydrogen) atoms. The van der Waals surface area contributed by atoms with Gasteiger partial charge in [0.1, 0.15) is 10.3 Å². The Morgan fingerprint density at radius 3 is 2.56 bits per heavy atom. The Balaban J connectivity index is 2.02. The van der Waals surface area contributed by atoms with E-state index in [0.29, 0.717) is 12.8 Å². The number of aliphatic carboxylic acids is 1. The lowest BCUT2D eigenvalue weighted by Crippen LogP contribution is -2.34. The minimum atomic E-state index is -0.886. The average molecular weight is 289 g/mol. The first-order valence-electron chi connectivity index (χ1n) is 5.28. The molecular weight excluding hydrogens is 279 g/mol. The Labute approximate surface area is 113 Å². The zero-order valence-electron chi connectivity index (χ0n) is 9.24. The first kappa shape index (κ1) is 13.1. The molecule has 0 bridgehead atoms. The number of carbonyl (C=O) groups excluding carboxylic acids is 1. The van der Waals surface area contributed by atoms with E-state index in [1.54, 1.807) is 0 Å². The predicted molar refractivity (Wildman–Crippen MR) is 65.9 cm³/mol. The molecular formula is C11H10Cl2N2O3. The van der Waals surface area contributed by atoms with E-state index in [2.05, 4.69) is 10.3 Å². The molecule has 1 aromatic heterocycles. The summed E-state index contributed by atoms with van der Waals surface area (Å²) >= 11 is 11.4. The third-order valence-electron chi connectivity index (χ3n) is 2.95. The van der Waals surface area contributed by atoms with Gasteiger partial charge in [-0.25, -0.2) is 4.98 Å². The largest absolute Gasteiger partial charge is 0.481 e. The number of nitrogens with zero attached hydrogens (tertiary/aromatic N) is 1. The van der Waals surface area contributed by atoms with Crippen LogP contribution in [-0.4, -0.2) is 28.5 Å². The van der Waals surface area contributed by atoms with Crippen molar-refractivity contribution in [3.05, 3.63) is 28.0 Å². The fourth-order valence-electron chi connectivity index (χ4n) is 1.54. The SMILES string of the molecule is O=C(NCC1(C(=O)O)CC1)c1ccc(Cl)nc1Cl. The topological polar surface area (TPSA) is 79.3 Å². The van der Waals surface area contributed by atoms with Crippen LogP contribution >= 0.6 is 23.2 Å². The molecule has 0 aliphatic heterocycles. The van der Waals surface area contributed by atoms with Crippen molar-refractivity contribution in [2.75, 3.05) is 6.54 Å². The third-order valence-corrected chi connectivity index (χ3v) is 3.45. The number of hydrogen-bond donors (Lipinski definition) is 2. The van der Waals surface area contributed by atoms with Crippen LogP contribution in [0.1, 0.15) is 23.2 Å². The minimum absolute atomic E-state index is 0.000159. The average Bonchev–Trinajstić information content (AvgIpc) is 3.07. The van der Waals surface area contributed by atoms with Gasteiger partial charge >= 0.3 is 5.97 Å². The van der Waals surface area contributed by atoms with Crippen molar-refractivity contribution in [2.24, 2.45) is 5.41 Å². The summed E-state index contributed by atoms with van der Waals surface area (Å²) < 4.78 is 0. The molecule has 1 aliphatic rings. The summed E-state index contributed by atoms with van der Waals surface area (Å²) in [6, 6.07) is 2.90. The van der Waals surface area contributed by atoms with Crippen molar-refractivity contribution < 1.29 is 14.7 Å². The zero-order chi connectivity index (χ0) is 13.3. The van der Waals surface area contributed by atoms with Gasteiger partial charge in [0.2, 0.25) is 0 Å². The summed E-state index contributed by atoms with van der Waals surface area (Å²) in [5.41, 5.74) is -0.621. The summed E-state index contributed by atoms with van der Waals surface area (Å²) in [7, 11) is 0. The Bertz CT molecular complexity index is 515. The molecule has 0 unspecified atom stereocenters. The maximum Gasteiger partial charge on any atom is 0.311 e. The molecule has 5 nitrogen and oxygen atoms in total. The second-order valence-electron chi connectivity index (χ2n) is 4.24. The molecule has 2 N–H and O–H groups in total. The van der Waals surface area contributed by atoms with Crippen LogP contribution < -0.4 is 5.32 Å². The van der Waals surface area contributed by atoms with Crippen LogP contribution in [0.3, 0.4) is 0 Å². The van der Waals surface area contributed by atoms with E-state index < -0.39 is 17.3 Å². The predicted octanol–water partition coefficient (Wildman–Crippen LogP) is 1.98. The third kappa shape index (κ3) is 2.57. The number of aromatic nitrogens is 1. The fraction of sp³-hybridized carbons (Fsp3) is 0.364. The number of rotatable bonds is 4. The first-order chi connectivity index (χ1) is 8.44. The molecule has 1 aromatic rings. The van der Waals surface area contributed by atoms with Crippen LogP contribution in [0.5, 0.6) is 0 Å². The molecule has 96 valence electrons. The van der Waals surface area contributed by atoms with E-state index in [0.717, 1.165) is 0 Å². The van der Waals surface area contributed by atoms with E-state index in [9.17, 15) is 9.59 Å². The molecule has 7 heteroatoms. The lowest BCUT2D eigenvalue weighted by molar-refractivity contribution is -0.143. The first-order valence-corrected chi connectivity index (χ1v) is 6.04. The van der Waals surface area contributed by atoms with Crippen molar-refractivity contribution in [3.8, 4) is 0 Å². The lowest BCUT2D eigenvalue weighted by Gasteiger charge is -2.11. The van der Waals surface area contributed by atoms with Gasteiger partial charge in [0.25, 0.3) is 5.91 Å². The molecule has 1 saturated carbocycles. The summed E-state index contributed by atoms with van der Waals surface area (Å²) in [6.07, 6.45) is 1.16. The smallest absolute Gasteiger partial charge is 0.311 e. The highest BCUT2D eigenvalue weighted by molar-refractivity contribution is 6.34. The van der Waals surface area contributed by atoms with Crippen LogP contribution in [0.25, 0.3) is 0 Å². The minimum Gasteiger partial charge on any atom is -0.481 e. The van der Waals surface area contributed by atoms with Crippen LogP contribution in [0.15, 0.2) is 12.1 Å². The van der Waals surface area contributed by atoms with Crippen LogP contribution in [0.2, 0.25) is 10.3 Å². The normalized spacial score (nSPS) is 16.1. The maximum absolute atomic E-state index is 11.8. The monoisotopic (exact) mass is 288 g/mol. The van der Waals surface area contributed by atoms with Gasteiger partial charge in [-0.3, -0.25) is 9.59 Å². The van der Waals surface area contributed by atoms with Crippen molar-refractivity contribution >= 4 is 35.1 Å². The molecule has 0 atom stereocenters. The summed E-state index contributed by atoms with van der Waals surface area (Å²) in [5.74, 6) is -1.33. The van der Waals surface area contributed by atoms with Crippen molar-refractivity contribution in [3.63, 3.8) is 0 Å². The Morgan fingerprint density at radius 1 is 1.39 bits per heavy atom. The summed E-state index contributed by atoms with van der Waals surface area (Å²) in [6.45, 7) is 0.0973. The Hall–Kier alpha value is -1.33. The van der Waals surface area contributed by atoms with E-state index in [1.807, 2.05) is 0 Å².